The molecular formula is C35H39F2N3O6S. The van der Waals surface area contributed by atoms with Gasteiger partial charge in [-0.1, -0.05) is 30.3 Å². The lowest BCUT2D eigenvalue weighted by molar-refractivity contribution is -0.157. The Labute approximate surface area is 273 Å². The van der Waals surface area contributed by atoms with Crippen molar-refractivity contribution < 1.29 is 36.3 Å². The average Bonchev–Trinajstić information content (AvgIpc) is 3.41. The number of H-pyrrole nitrogens is 1. The number of rotatable bonds is 13. The number of hydrogen-bond acceptors (Lipinski definition) is 7. The third-order valence-electron chi connectivity index (χ3n) is 7.10. The maximum absolute atomic E-state index is 13.9. The second-order valence-electron chi connectivity index (χ2n) is 12.3. The summed E-state index contributed by atoms with van der Waals surface area (Å²) >= 11 is 0. The van der Waals surface area contributed by atoms with Gasteiger partial charge in [-0.25, -0.2) is 27.0 Å². The van der Waals surface area contributed by atoms with E-state index in [1.54, 1.807) is 57.3 Å². The molecule has 0 aliphatic carbocycles. The zero-order valence-electron chi connectivity index (χ0n) is 27.0. The summed E-state index contributed by atoms with van der Waals surface area (Å²) in [4.78, 5) is 34.2. The molecule has 0 saturated carbocycles. The molecule has 0 saturated heterocycles. The molecule has 250 valence electrons. The predicted molar refractivity (Wildman–Crippen MR) is 174 cm³/mol. The zero-order valence-corrected chi connectivity index (χ0v) is 27.8. The van der Waals surface area contributed by atoms with Crippen LogP contribution < -0.4 is 5.32 Å². The average molecular weight is 668 g/mol. The normalized spacial score (nSPS) is 13.2. The standard InChI is InChI=1S/C35H39F2N3O6S/c1-22-38-21-28(39-22)16-18-45-32(24-8-13-27(37)14-9-24)25-10-15-29(30(20-25)23-6-11-26(36)12-7-23)33(41)40-31(17-19-47(5,43)44)34(42)46-35(2,3)4/h6-15,20-21,31-32H,16-19H2,1-5H3,(H,38,39)(H,40,41)/t31-,32?/m0/s1. The van der Waals surface area contributed by atoms with Crippen LogP contribution in [0.2, 0.25) is 0 Å². The van der Waals surface area contributed by atoms with Crippen LogP contribution in [0.15, 0.2) is 72.9 Å². The Bertz CT molecular complexity index is 1800. The van der Waals surface area contributed by atoms with E-state index in [2.05, 4.69) is 15.3 Å². The highest BCUT2D eigenvalue weighted by molar-refractivity contribution is 7.90. The molecule has 0 aliphatic heterocycles. The summed E-state index contributed by atoms with van der Waals surface area (Å²) in [6.45, 7) is 7.14. The van der Waals surface area contributed by atoms with Gasteiger partial charge in [-0.15, -0.1) is 0 Å². The highest BCUT2D eigenvalue weighted by Gasteiger charge is 2.29. The molecule has 3 aromatic carbocycles. The third-order valence-corrected chi connectivity index (χ3v) is 8.08. The van der Waals surface area contributed by atoms with Crippen molar-refractivity contribution in [3.05, 3.63) is 113 Å². The third kappa shape index (κ3) is 10.5. The first-order valence-corrected chi connectivity index (χ1v) is 17.1. The molecular weight excluding hydrogens is 628 g/mol. The van der Waals surface area contributed by atoms with Crippen molar-refractivity contribution in [2.45, 2.75) is 58.3 Å². The van der Waals surface area contributed by atoms with Gasteiger partial charge in [-0.3, -0.25) is 4.79 Å². The van der Waals surface area contributed by atoms with Gasteiger partial charge in [0.15, 0.2) is 0 Å². The van der Waals surface area contributed by atoms with Crippen LogP contribution in [0, 0.1) is 18.6 Å². The molecule has 0 aliphatic rings. The van der Waals surface area contributed by atoms with E-state index in [1.165, 1.54) is 36.4 Å². The van der Waals surface area contributed by atoms with E-state index in [-0.39, 0.29) is 24.3 Å². The summed E-state index contributed by atoms with van der Waals surface area (Å²) in [5.74, 6) is -1.88. The SMILES string of the molecule is Cc1ncc(CCOC(c2ccc(F)cc2)c2ccc(C(=O)N[C@@H](CCS(C)(=O)=O)C(=O)OC(C)(C)C)c(-c3ccc(F)cc3)c2)[nH]1. The Kier molecular flexibility index (Phi) is 11.3. The Hall–Kier alpha value is -4.42. The summed E-state index contributed by atoms with van der Waals surface area (Å²) < 4.78 is 63.5. The number of aromatic nitrogens is 2. The topological polar surface area (TPSA) is 127 Å². The van der Waals surface area contributed by atoms with E-state index in [9.17, 15) is 26.8 Å². The second-order valence-corrected chi connectivity index (χ2v) is 14.6. The van der Waals surface area contributed by atoms with Crippen molar-refractivity contribution in [1.29, 1.82) is 0 Å². The Morgan fingerprint density at radius 1 is 0.957 bits per heavy atom. The largest absolute Gasteiger partial charge is 0.458 e. The summed E-state index contributed by atoms with van der Waals surface area (Å²) in [7, 11) is -3.46. The molecule has 0 spiro atoms. The number of aromatic amines is 1. The lowest BCUT2D eigenvalue weighted by Gasteiger charge is -2.25. The van der Waals surface area contributed by atoms with Crippen LogP contribution >= 0.6 is 0 Å². The number of carbonyl (C=O) groups excluding carboxylic acids is 2. The van der Waals surface area contributed by atoms with Crippen LogP contribution in [0.1, 0.15) is 66.3 Å². The van der Waals surface area contributed by atoms with Gasteiger partial charge < -0.3 is 19.8 Å². The van der Waals surface area contributed by atoms with Crippen molar-refractivity contribution in [2.75, 3.05) is 18.6 Å². The Balaban J connectivity index is 1.72. The molecule has 12 heteroatoms. The fraction of sp³-hybridized carbons (Fsp3) is 0.343. The fourth-order valence-electron chi connectivity index (χ4n) is 4.89. The maximum atomic E-state index is 13.9. The predicted octanol–water partition coefficient (Wildman–Crippen LogP) is 5.89. The van der Waals surface area contributed by atoms with E-state index in [4.69, 9.17) is 9.47 Å². The molecule has 2 N–H and O–H groups in total. The molecule has 0 fully saturated rings. The Morgan fingerprint density at radius 3 is 2.15 bits per heavy atom. The van der Waals surface area contributed by atoms with E-state index in [0.717, 1.165) is 17.8 Å². The van der Waals surface area contributed by atoms with Crippen LogP contribution in [0.4, 0.5) is 8.78 Å². The molecule has 1 amide bonds. The first kappa shape index (κ1) is 35.4. The molecule has 1 unspecified atom stereocenters. The van der Waals surface area contributed by atoms with Gasteiger partial charge in [0.1, 0.15) is 45.0 Å². The lowest BCUT2D eigenvalue weighted by Crippen LogP contribution is -2.45. The number of amides is 1. The van der Waals surface area contributed by atoms with Gasteiger partial charge in [0.25, 0.3) is 5.91 Å². The number of hydrogen-bond donors (Lipinski definition) is 2. The number of nitrogens with one attached hydrogen (secondary N) is 2. The molecule has 9 nitrogen and oxygen atoms in total. The number of sulfone groups is 1. The van der Waals surface area contributed by atoms with E-state index >= 15 is 0 Å². The number of nitrogens with zero attached hydrogens (tertiary/aromatic N) is 1. The number of benzene rings is 3. The first-order chi connectivity index (χ1) is 22.1. The molecule has 4 rings (SSSR count). The monoisotopic (exact) mass is 667 g/mol. The van der Waals surface area contributed by atoms with Crippen LogP contribution in [-0.2, 0) is 30.5 Å². The van der Waals surface area contributed by atoms with E-state index < -0.39 is 51.1 Å². The van der Waals surface area contributed by atoms with Crippen molar-refractivity contribution in [3.63, 3.8) is 0 Å². The van der Waals surface area contributed by atoms with Gasteiger partial charge >= 0.3 is 5.97 Å². The number of carbonyl (C=O) groups is 2. The summed E-state index contributed by atoms with van der Waals surface area (Å²) in [5, 5.41) is 2.66. The molecule has 2 atom stereocenters. The minimum atomic E-state index is -3.46. The van der Waals surface area contributed by atoms with Gasteiger partial charge in [0.2, 0.25) is 0 Å². The summed E-state index contributed by atoms with van der Waals surface area (Å²) in [6, 6.07) is 15.2. The molecule has 0 bridgehead atoms. The minimum Gasteiger partial charge on any atom is -0.458 e. The van der Waals surface area contributed by atoms with E-state index in [1.807, 2.05) is 6.92 Å². The van der Waals surface area contributed by atoms with Crippen LogP contribution in [0.3, 0.4) is 0 Å². The first-order valence-electron chi connectivity index (χ1n) is 15.1. The smallest absolute Gasteiger partial charge is 0.329 e. The lowest BCUT2D eigenvalue weighted by atomic mass is 9.92. The molecule has 47 heavy (non-hydrogen) atoms. The highest BCUT2D eigenvalue weighted by atomic mass is 32.2. The maximum Gasteiger partial charge on any atom is 0.329 e. The van der Waals surface area contributed by atoms with Crippen molar-refractivity contribution in [2.24, 2.45) is 0 Å². The number of aryl methyl sites for hydroxylation is 1. The number of esters is 1. The van der Waals surface area contributed by atoms with Crippen molar-refractivity contribution in [1.82, 2.24) is 15.3 Å². The zero-order chi connectivity index (χ0) is 34.4. The second kappa shape index (κ2) is 15.0. The van der Waals surface area contributed by atoms with Crippen LogP contribution in [-0.4, -0.2) is 60.5 Å². The number of imidazole rings is 1. The van der Waals surface area contributed by atoms with Crippen molar-refractivity contribution >= 4 is 21.7 Å². The van der Waals surface area contributed by atoms with E-state index in [0.29, 0.717) is 28.7 Å². The van der Waals surface area contributed by atoms with Crippen LogP contribution in [0.25, 0.3) is 11.1 Å². The highest BCUT2D eigenvalue weighted by Crippen LogP contribution is 2.33. The van der Waals surface area contributed by atoms with Gasteiger partial charge in [-0.2, -0.15) is 0 Å². The van der Waals surface area contributed by atoms with Gasteiger partial charge in [0.05, 0.1) is 12.4 Å². The molecule has 1 aromatic heterocycles. The van der Waals surface area contributed by atoms with Crippen molar-refractivity contribution in [3.8, 4) is 11.1 Å². The number of ether oxygens (including phenoxy) is 2. The number of halogens is 2. The quantitative estimate of drug-likeness (QED) is 0.170. The van der Waals surface area contributed by atoms with Gasteiger partial charge in [0, 0.05) is 30.1 Å². The summed E-state index contributed by atoms with van der Waals surface area (Å²) in [5.41, 5.74) is 2.38. The fourth-order valence-corrected chi connectivity index (χ4v) is 5.55. The van der Waals surface area contributed by atoms with Gasteiger partial charge in [-0.05, 0) is 92.8 Å². The molecule has 4 aromatic rings. The Morgan fingerprint density at radius 2 is 1.57 bits per heavy atom. The van der Waals surface area contributed by atoms with Crippen LogP contribution in [0.5, 0.6) is 0 Å². The molecule has 1 heterocycles. The summed E-state index contributed by atoms with van der Waals surface area (Å²) in [6.07, 6.45) is 2.44. The minimum absolute atomic E-state index is 0.152. The molecule has 0 radical (unpaired) electrons.